The summed E-state index contributed by atoms with van der Waals surface area (Å²) in [5.41, 5.74) is 1.53. The number of alkyl carbamates (subject to hydrolysis) is 1. The molecule has 3 N–H and O–H groups in total. The number of amides is 1. The van der Waals surface area contributed by atoms with Crippen molar-refractivity contribution < 1.29 is 19.4 Å². The Kier molecular flexibility index (Phi) is 8.29. The molecule has 7 heteroatoms. The summed E-state index contributed by atoms with van der Waals surface area (Å²) < 4.78 is 10.6. The highest BCUT2D eigenvalue weighted by molar-refractivity contribution is 7.07. The van der Waals surface area contributed by atoms with Gasteiger partial charge in [0.2, 0.25) is 0 Å². The molecule has 6 nitrogen and oxygen atoms in total. The van der Waals surface area contributed by atoms with Crippen LogP contribution in [0.2, 0.25) is 0 Å². The monoisotopic (exact) mass is 406 g/mol. The van der Waals surface area contributed by atoms with Crippen molar-refractivity contribution in [3.63, 3.8) is 0 Å². The molecule has 0 radical (unpaired) electrons. The zero-order valence-corrected chi connectivity index (χ0v) is 17.7. The number of thiophene rings is 1. The fourth-order valence-corrected chi connectivity index (χ4v) is 3.38. The van der Waals surface area contributed by atoms with Crippen LogP contribution < -0.4 is 15.4 Å². The lowest BCUT2D eigenvalue weighted by molar-refractivity contribution is 0.0422. The van der Waals surface area contributed by atoms with E-state index in [1.807, 2.05) is 61.9 Å². The van der Waals surface area contributed by atoms with Gasteiger partial charge in [0.1, 0.15) is 11.4 Å². The third-order valence-electron chi connectivity index (χ3n) is 4.02. The average molecular weight is 407 g/mol. The molecule has 2 atom stereocenters. The molecule has 0 aliphatic heterocycles. The van der Waals surface area contributed by atoms with Crippen LogP contribution in [0.3, 0.4) is 0 Å². The second kappa shape index (κ2) is 10.5. The van der Waals surface area contributed by atoms with Crippen molar-refractivity contribution >= 4 is 17.4 Å². The first kappa shape index (κ1) is 22.2. The number of methoxy groups -OCH3 is 1. The van der Waals surface area contributed by atoms with Crippen LogP contribution >= 0.6 is 11.3 Å². The Hall–Kier alpha value is -2.09. The van der Waals surface area contributed by atoms with Crippen LogP contribution in [0.5, 0.6) is 5.75 Å². The summed E-state index contributed by atoms with van der Waals surface area (Å²) >= 11 is 1.59. The standard InChI is InChI=1S/C21H30N2O4S/c1-21(2,3)27-20(25)23-18(11-16-8-9-28-14-16)19(24)13-22-12-15-6-5-7-17(10-15)26-4/h5-10,14,18-19,22,24H,11-13H2,1-4H3,(H,23,25)/t18-,19+/m0/s1. The lowest BCUT2D eigenvalue weighted by Crippen LogP contribution is -2.49. The number of benzene rings is 1. The molecule has 0 aliphatic carbocycles. The normalized spacial score (nSPS) is 13.6. The zero-order valence-electron chi connectivity index (χ0n) is 16.9. The summed E-state index contributed by atoms with van der Waals surface area (Å²) in [6.45, 7) is 6.36. The summed E-state index contributed by atoms with van der Waals surface area (Å²) in [4.78, 5) is 12.2. The van der Waals surface area contributed by atoms with E-state index in [1.165, 1.54) is 0 Å². The van der Waals surface area contributed by atoms with Crippen molar-refractivity contribution in [1.82, 2.24) is 10.6 Å². The van der Waals surface area contributed by atoms with Gasteiger partial charge in [0, 0.05) is 13.1 Å². The van der Waals surface area contributed by atoms with Crippen molar-refractivity contribution in [2.45, 2.75) is 51.5 Å². The molecule has 2 aromatic rings. The number of carbonyl (C=O) groups excluding carboxylic acids is 1. The quantitative estimate of drug-likeness (QED) is 0.595. The maximum Gasteiger partial charge on any atom is 0.407 e. The minimum absolute atomic E-state index is 0.335. The van der Waals surface area contributed by atoms with Crippen LogP contribution in [0, 0.1) is 0 Å². The summed E-state index contributed by atoms with van der Waals surface area (Å²) in [5, 5.41) is 20.7. The first-order valence-electron chi connectivity index (χ1n) is 9.29. The first-order valence-corrected chi connectivity index (χ1v) is 10.2. The lowest BCUT2D eigenvalue weighted by Gasteiger charge is -2.27. The minimum Gasteiger partial charge on any atom is -0.497 e. The number of aliphatic hydroxyl groups excluding tert-OH is 1. The predicted octanol–water partition coefficient (Wildman–Crippen LogP) is 3.34. The highest BCUT2D eigenvalue weighted by atomic mass is 32.1. The van der Waals surface area contributed by atoms with Crippen LogP contribution in [0.15, 0.2) is 41.1 Å². The topological polar surface area (TPSA) is 79.8 Å². The summed E-state index contributed by atoms with van der Waals surface area (Å²) in [5.74, 6) is 0.793. The molecule has 28 heavy (non-hydrogen) atoms. The van der Waals surface area contributed by atoms with E-state index in [1.54, 1.807) is 18.4 Å². The van der Waals surface area contributed by atoms with E-state index in [4.69, 9.17) is 9.47 Å². The number of rotatable bonds is 9. The molecule has 0 saturated carbocycles. The van der Waals surface area contributed by atoms with Gasteiger partial charge in [-0.15, -0.1) is 0 Å². The largest absolute Gasteiger partial charge is 0.497 e. The number of ether oxygens (including phenoxy) is 2. The number of hydrogen-bond acceptors (Lipinski definition) is 6. The van der Waals surface area contributed by atoms with Gasteiger partial charge < -0.3 is 25.2 Å². The Balaban J connectivity index is 1.93. The van der Waals surface area contributed by atoms with E-state index in [2.05, 4.69) is 10.6 Å². The van der Waals surface area contributed by atoms with E-state index in [-0.39, 0.29) is 0 Å². The third-order valence-corrected chi connectivity index (χ3v) is 4.75. The van der Waals surface area contributed by atoms with Crippen molar-refractivity contribution in [2.75, 3.05) is 13.7 Å². The van der Waals surface area contributed by atoms with E-state index < -0.39 is 23.8 Å². The third kappa shape index (κ3) is 7.88. The molecule has 0 bridgehead atoms. The van der Waals surface area contributed by atoms with Crippen LogP contribution in [0.1, 0.15) is 31.9 Å². The minimum atomic E-state index is -0.766. The number of nitrogens with one attached hydrogen (secondary N) is 2. The van der Waals surface area contributed by atoms with E-state index in [9.17, 15) is 9.90 Å². The van der Waals surface area contributed by atoms with Gasteiger partial charge in [-0.05, 0) is 67.3 Å². The molecular formula is C21H30N2O4S. The SMILES string of the molecule is COc1cccc(CNC[C@@H](O)[C@H](Cc2ccsc2)NC(=O)OC(C)(C)C)c1. The van der Waals surface area contributed by atoms with Gasteiger partial charge in [-0.1, -0.05) is 12.1 Å². The average Bonchev–Trinajstić information content (AvgIpc) is 3.13. The Morgan fingerprint density at radius 2 is 2.04 bits per heavy atom. The zero-order chi connectivity index (χ0) is 20.6. The second-order valence-electron chi connectivity index (χ2n) is 7.64. The van der Waals surface area contributed by atoms with Gasteiger partial charge in [0.15, 0.2) is 0 Å². The molecule has 0 spiro atoms. The number of hydrogen-bond donors (Lipinski definition) is 3. The summed E-state index contributed by atoms with van der Waals surface area (Å²) in [7, 11) is 1.63. The molecule has 0 saturated heterocycles. The summed E-state index contributed by atoms with van der Waals surface area (Å²) in [6, 6.07) is 9.29. The molecule has 1 heterocycles. The molecule has 0 unspecified atom stereocenters. The second-order valence-corrected chi connectivity index (χ2v) is 8.42. The molecule has 1 aromatic heterocycles. The number of aliphatic hydroxyl groups is 1. The van der Waals surface area contributed by atoms with Gasteiger partial charge >= 0.3 is 6.09 Å². The van der Waals surface area contributed by atoms with Gasteiger partial charge in [0.25, 0.3) is 0 Å². The molecule has 1 amide bonds. The molecular weight excluding hydrogens is 376 g/mol. The Bertz CT molecular complexity index is 728. The lowest BCUT2D eigenvalue weighted by atomic mass is 10.0. The fourth-order valence-electron chi connectivity index (χ4n) is 2.69. The van der Waals surface area contributed by atoms with Crippen LogP contribution in [0.25, 0.3) is 0 Å². The van der Waals surface area contributed by atoms with Crippen LogP contribution in [-0.2, 0) is 17.7 Å². The Morgan fingerprint density at radius 3 is 2.68 bits per heavy atom. The molecule has 0 aliphatic rings. The highest BCUT2D eigenvalue weighted by Gasteiger charge is 2.25. The maximum atomic E-state index is 12.2. The van der Waals surface area contributed by atoms with Crippen molar-refractivity contribution in [3.8, 4) is 5.75 Å². The Morgan fingerprint density at radius 1 is 1.25 bits per heavy atom. The molecule has 1 aromatic carbocycles. The maximum absolute atomic E-state index is 12.2. The first-order chi connectivity index (χ1) is 13.3. The van der Waals surface area contributed by atoms with Crippen LogP contribution in [0.4, 0.5) is 4.79 Å². The van der Waals surface area contributed by atoms with Gasteiger partial charge in [-0.3, -0.25) is 0 Å². The van der Waals surface area contributed by atoms with Crippen molar-refractivity contribution in [3.05, 3.63) is 52.2 Å². The fraction of sp³-hybridized carbons (Fsp3) is 0.476. The van der Waals surface area contributed by atoms with Crippen molar-refractivity contribution in [1.29, 1.82) is 0 Å². The molecule has 0 fully saturated rings. The van der Waals surface area contributed by atoms with Gasteiger partial charge in [-0.2, -0.15) is 11.3 Å². The Labute approximate surface area is 170 Å². The smallest absolute Gasteiger partial charge is 0.407 e. The number of carbonyl (C=O) groups is 1. The van der Waals surface area contributed by atoms with E-state index in [0.717, 1.165) is 16.9 Å². The summed E-state index contributed by atoms with van der Waals surface area (Å²) in [6.07, 6.45) is -0.761. The van der Waals surface area contributed by atoms with Crippen molar-refractivity contribution in [2.24, 2.45) is 0 Å². The van der Waals surface area contributed by atoms with Crippen LogP contribution in [-0.4, -0.2) is 42.6 Å². The van der Waals surface area contributed by atoms with Gasteiger partial charge in [-0.25, -0.2) is 4.79 Å². The predicted molar refractivity (Wildman–Crippen MR) is 112 cm³/mol. The van der Waals surface area contributed by atoms with E-state index in [0.29, 0.717) is 19.5 Å². The highest BCUT2D eigenvalue weighted by Crippen LogP contribution is 2.14. The van der Waals surface area contributed by atoms with Gasteiger partial charge in [0.05, 0.1) is 19.3 Å². The molecule has 154 valence electrons. The molecule has 2 rings (SSSR count). The van der Waals surface area contributed by atoms with E-state index >= 15 is 0 Å².